The summed E-state index contributed by atoms with van der Waals surface area (Å²) in [5, 5.41) is 13.5. The van der Waals surface area contributed by atoms with Crippen molar-refractivity contribution in [2.75, 3.05) is 4.90 Å². The molecule has 0 amide bonds. The van der Waals surface area contributed by atoms with Gasteiger partial charge in [0, 0.05) is 122 Å². The zero-order valence-electron chi connectivity index (χ0n) is 31.2. The molecule has 5 heterocycles. The Morgan fingerprint density at radius 3 is 1.33 bits per heavy atom. The Kier molecular flexibility index (Phi) is 8.75. The van der Waals surface area contributed by atoms with E-state index in [1.54, 1.807) is 24.8 Å². The molecule has 7 heteroatoms. The molecule has 0 fully saturated rings. The van der Waals surface area contributed by atoms with Gasteiger partial charge in [0.15, 0.2) is 0 Å². The number of aromatic nitrogens is 5. The number of nitrogens with zero attached hydrogens (tertiary/aromatic N) is 7. The van der Waals surface area contributed by atoms with Crippen LogP contribution < -0.4 is 4.90 Å². The van der Waals surface area contributed by atoms with Gasteiger partial charge in [-0.15, -0.1) is 0 Å². The third kappa shape index (κ3) is 5.85. The van der Waals surface area contributed by atoms with Crippen molar-refractivity contribution in [3.05, 3.63) is 207 Å². The summed E-state index contributed by atoms with van der Waals surface area (Å²) in [7, 11) is 0. The largest absolute Gasteiger partial charge is 0.310 e. The Balaban J connectivity index is 1.40. The highest BCUT2D eigenvalue weighted by molar-refractivity contribution is 6.14. The Hall–Kier alpha value is -8.21. The number of pyridine rings is 4. The molecule has 0 radical (unpaired) electrons. The highest BCUT2D eigenvalue weighted by Gasteiger charge is 2.31. The van der Waals surface area contributed by atoms with Gasteiger partial charge in [0.2, 0.25) is 0 Å². The highest BCUT2D eigenvalue weighted by Crippen LogP contribution is 2.52. The maximum absolute atomic E-state index is 11.4. The molecule has 0 spiro atoms. The topological polar surface area (TPSA) is 83.5 Å². The van der Waals surface area contributed by atoms with Crippen molar-refractivity contribution in [3.63, 3.8) is 0 Å². The van der Waals surface area contributed by atoms with E-state index in [9.17, 15) is 5.26 Å². The molecule has 5 aromatic carbocycles. The minimum Gasteiger partial charge on any atom is -0.310 e. The van der Waals surface area contributed by atoms with Gasteiger partial charge in [0.05, 0.1) is 22.3 Å². The number of nitriles is 1. The van der Waals surface area contributed by atoms with Crippen molar-refractivity contribution in [2.24, 2.45) is 0 Å². The fraction of sp³-hybridized carbons (Fsp3) is 0. The first-order chi connectivity index (χ1) is 28.8. The van der Waals surface area contributed by atoms with Crippen LogP contribution in [-0.2, 0) is 0 Å². The zero-order valence-corrected chi connectivity index (χ0v) is 31.2. The van der Waals surface area contributed by atoms with Gasteiger partial charge in [-0.05, 0) is 72.8 Å². The number of hydrogen-bond acceptors (Lipinski definition) is 6. The van der Waals surface area contributed by atoms with E-state index < -0.39 is 0 Å². The number of benzene rings is 5. The number of fused-ring (bicyclic) bond motifs is 3. The predicted octanol–water partition coefficient (Wildman–Crippen LogP) is 12.4. The smallest absolute Gasteiger partial charge is 0.100 e. The van der Waals surface area contributed by atoms with E-state index in [2.05, 4.69) is 139 Å². The molecule has 0 aliphatic heterocycles. The number of hydrogen-bond donors (Lipinski definition) is 0. The van der Waals surface area contributed by atoms with E-state index in [4.69, 9.17) is 0 Å². The van der Waals surface area contributed by atoms with Crippen LogP contribution in [0.3, 0.4) is 0 Å². The molecule has 7 nitrogen and oxygen atoms in total. The first-order valence-corrected chi connectivity index (χ1v) is 19.0. The summed E-state index contributed by atoms with van der Waals surface area (Å²) in [5.41, 5.74) is 13.1. The number of rotatable bonds is 8. The normalized spacial score (nSPS) is 11.1. The lowest BCUT2D eigenvalue weighted by Gasteiger charge is -2.27. The van der Waals surface area contributed by atoms with Gasteiger partial charge in [-0.25, -0.2) is 0 Å². The molecular weight excluding hydrogens is 711 g/mol. The summed E-state index contributed by atoms with van der Waals surface area (Å²) < 4.78 is 2.36. The summed E-state index contributed by atoms with van der Waals surface area (Å²) in [5.74, 6) is 0. The average molecular weight is 744 g/mol. The van der Waals surface area contributed by atoms with Gasteiger partial charge < -0.3 is 9.47 Å². The number of anilines is 3. The van der Waals surface area contributed by atoms with Crippen molar-refractivity contribution in [2.45, 2.75) is 0 Å². The lowest BCUT2D eigenvalue weighted by molar-refractivity contribution is 1.17. The van der Waals surface area contributed by atoms with Gasteiger partial charge in [0.25, 0.3) is 0 Å². The van der Waals surface area contributed by atoms with Crippen molar-refractivity contribution in [1.82, 2.24) is 24.5 Å². The summed E-state index contributed by atoms with van der Waals surface area (Å²) in [4.78, 5) is 20.7. The SMILES string of the molecule is N#Cc1c(-c2cccnc2)c(-c2cccnc2)c(-n2c3ccccc3c3cc(N(c4ccccc4)c4ccccc4)ccc32)c(-c2cccnc2)c1-c1cccnc1. The maximum Gasteiger partial charge on any atom is 0.100 e. The molecule has 0 bridgehead atoms. The maximum atomic E-state index is 11.4. The third-order valence-electron chi connectivity index (χ3n) is 10.6. The summed E-state index contributed by atoms with van der Waals surface area (Å²) in [6, 6.07) is 54.7. The second-order valence-corrected chi connectivity index (χ2v) is 13.9. The molecule has 272 valence electrons. The Morgan fingerprint density at radius 1 is 0.414 bits per heavy atom. The molecule has 0 aliphatic rings. The Bertz CT molecular complexity index is 2950. The van der Waals surface area contributed by atoms with E-state index in [0.29, 0.717) is 5.56 Å². The van der Waals surface area contributed by atoms with Crippen molar-refractivity contribution in [1.29, 1.82) is 5.26 Å². The van der Waals surface area contributed by atoms with Crippen LogP contribution in [0.15, 0.2) is 201 Å². The molecule has 0 saturated heterocycles. The monoisotopic (exact) mass is 743 g/mol. The lowest BCUT2D eigenvalue weighted by atomic mass is 9.80. The van der Waals surface area contributed by atoms with Gasteiger partial charge in [-0.1, -0.05) is 78.9 Å². The van der Waals surface area contributed by atoms with Crippen LogP contribution in [0.5, 0.6) is 0 Å². The van der Waals surface area contributed by atoms with Crippen molar-refractivity contribution >= 4 is 38.9 Å². The Labute approximate surface area is 335 Å². The molecule has 5 aromatic heterocycles. The second kappa shape index (κ2) is 14.8. The van der Waals surface area contributed by atoms with Gasteiger partial charge in [-0.3, -0.25) is 19.9 Å². The van der Waals surface area contributed by atoms with Gasteiger partial charge >= 0.3 is 0 Å². The molecule has 0 atom stereocenters. The van der Waals surface area contributed by atoms with E-state index in [1.165, 1.54) is 0 Å². The summed E-state index contributed by atoms with van der Waals surface area (Å²) >= 11 is 0. The zero-order chi connectivity index (χ0) is 38.8. The summed E-state index contributed by atoms with van der Waals surface area (Å²) in [6.45, 7) is 0. The van der Waals surface area contributed by atoms with Crippen LogP contribution in [0.25, 0.3) is 72.0 Å². The quantitative estimate of drug-likeness (QED) is 0.154. The van der Waals surface area contributed by atoms with Crippen LogP contribution in [0, 0.1) is 11.3 Å². The molecule has 10 rings (SSSR count). The Morgan fingerprint density at radius 2 is 0.862 bits per heavy atom. The number of para-hydroxylation sites is 3. The van der Waals surface area contributed by atoms with Crippen LogP contribution in [0.2, 0.25) is 0 Å². The first-order valence-electron chi connectivity index (χ1n) is 19.0. The molecule has 0 saturated carbocycles. The molecule has 0 N–H and O–H groups in total. The predicted molar refractivity (Wildman–Crippen MR) is 233 cm³/mol. The van der Waals surface area contributed by atoms with Gasteiger partial charge in [0.1, 0.15) is 6.07 Å². The molecular formula is C51H33N7. The molecule has 0 aliphatic carbocycles. The van der Waals surface area contributed by atoms with E-state index in [1.807, 2.05) is 73.3 Å². The van der Waals surface area contributed by atoms with Gasteiger partial charge in [-0.2, -0.15) is 5.26 Å². The van der Waals surface area contributed by atoms with Crippen LogP contribution >= 0.6 is 0 Å². The summed E-state index contributed by atoms with van der Waals surface area (Å²) in [6.07, 6.45) is 14.5. The fourth-order valence-corrected chi connectivity index (χ4v) is 8.20. The standard InChI is InChI=1S/C51H33N7/c52-30-44-47(35-13-9-25-53-31-35)49(37-15-11-27-55-33-37)51(50(38-16-12-28-56-34-38)48(44)36-14-10-26-54-32-36)58-45-22-8-7-21-42(45)43-29-41(23-24-46(43)58)57(39-17-3-1-4-18-39)40-19-5-2-6-20-40/h1-29,31-34H. The highest BCUT2D eigenvalue weighted by atomic mass is 15.1. The first kappa shape index (κ1) is 34.3. The average Bonchev–Trinajstić information content (AvgIpc) is 3.63. The van der Waals surface area contributed by atoms with E-state index >= 15 is 0 Å². The van der Waals surface area contributed by atoms with Crippen LogP contribution in [0.1, 0.15) is 5.56 Å². The second-order valence-electron chi connectivity index (χ2n) is 13.9. The fourth-order valence-electron chi connectivity index (χ4n) is 8.20. The molecule has 10 aromatic rings. The van der Waals surface area contributed by atoms with Crippen LogP contribution in [0.4, 0.5) is 17.1 Å². The van der Waals surface area contributed by atoms with E-state index in [-0.39, 0.29) is 0 Å². The van der Waals surface area contributed by atoms with Crippen molar-refractivity contribution in [3.8, 4) is 56.3 Å². The molecule has 0 unspecified atom stereocenters. The van der Waals surface area contributed by atoms with Crippen LogP contribution in [-0.4, -0.2) is 24.5 Å². The van der Waals surface area contributed by atoms with Crippen molar-refractivity contribution < 1.29 is 0 Å². The lowest BCUT2D eigenvalue weighted by Crippen LogP contribution is -2.10. The van der Waals surface area contributed by atoms with E-state index in [0.717, 1.165) is 89.1 Å². The third-order valence-corrected chi connectivity index (χ3v) is 10.6. The minimum atomic E-state index is 0.506. The minimum absolute atomic E-state index is 0.506. The molecule has 58 heavy (non-hydrogen) atoms.